The number of rotatable bonds is 5. The average molecular weight is 482 g/mol. The molecule has 1 atom stereocenters. The summed E-state index contributed by atoms with van der Waals surface area (Å²) in [6, 6.07) is 17.6. The number of amides is 1. The van der Waals surface area contributed by atoms with Crippen LogP contribution < -0.4 is 10.2 Å². The van der Waals surface area contributed by atoms with E-state index in [0.29, 0.717) is 17.8 Å². The summed E-state index contributed by atoms with van der Waals surface area (Å²) in [5, 5.41) is 5.81. The molecular weight excluding hydrogens is 446 g/mol. The fourth-order valence-electron chi connectivity index (χ4n) is 6.92. The molecule has 2 aliphatic heterocycles. The number of nitrogens with one attached hydrogen (secondary N) is 3. The molecule has 1 aliphatic carbocycles. The molecule has 7 rings (SSSR count). The van der Waals surface area contributed by atoms with Crippen LogP contribution in [0.5, 0.6) is 0 Å². The Morgan fingerprint density at radius 2 is 1.86 bits per heavy atom. The molecule has 1 amide bonds. The van der Waals surface area contributed by atoms with E-state index in [1.807, 2.05) is 30.3 Å². The molecule has 36 heavy (non-hydrogen) atoms. The Kier molecular flexibility index (Phi) is 5.50. The number of fused-ring (bicyclic) bond motifs is 3. The van der Waals surface area contributed by atoms with Crippen LogP contribution in [0.15, 0.2) is 54.7 Å². The largest absolute Gasteiger partial charge is 0.365 e. The highest BCUT2D eigenvalue weighted by molar-refractivity contribution is 5.98. The van der Waals surface area contributed by atoms with E-state index in [1.54, 1.807) is 0 Å². The Morgan fingerprint density at radius 1 is 1.00 bits per heavy atom. The van der Waals surface area contributed by atoms with Crippen LogP contribution in [0.4, 0.5) is 5.69 Å². The number of carbonyl (C=O) groups is 1. The first-order valence-electron chi connectivity index (χ1n) is 13.7. The van der Waals surface area contributed by atoms with Crippen LogP contribution in [0, 0.1) is 5.92 Å². The number of hydrogen-bond acceptors (Lipinski definition) is 3. The molecule has 0 radical (unpaired) electrons. The van der Waals surface area contributed by atoms with Gasteiger partial charge in [-0.2, -0.15) is 0 Å². The first kappa shape index (κ1) is 22.0. The van der Waals surface area contributed by atoms with E-state index in [2.05, 4.69) is 49.5 Å². The highest BCUT2D eigenvalue weighted by atomic mass is 16.1. The summed E-state index contributed by atoms with van der Waals surface area (Å²) >= 11 is 0. The normalized spacial score (nSPS) is 24.2. The summed E-state index contributed by atoms with van der Waals surface area (Å²) in [6.07, 6.45) is 9.26. The van der Waals surface area contributed by atoms with Gasteiger partial charge >= 0.3 is 0 Å². The lowest BCUT2D eigenvalue weighted by Crippen LogP contribution is -2.55. The molecule has 6 heteroatoms. The van der Waals surface area contributed by atoms with Crippen LogP contribution in [0.3, 0.4) is 0 Å². The molecule has 1 unspecified atom stereocenters. The number of para-hydroxylation sites is 1. The fraction of sp³-hybridized carbons (Fsp3) is 0.433. The number of aromatic amines is 2. The highest BCUT2D eigenvalue weighted by Gasteiger charge is 2.33. The van der Waals surface area contributed by atoms with E-state index in [-0.39, 0.29) is 5.91 Å². The lowest BCUT2D eigenvalue weighted by Gasteiger charge is -2.45. The zero-order valence-corrected chi connectivity index (χ0v) is 20.8. The molecule has 3 N–H and O–H groups in total. The van der Waals surface area contributed by atoms with Crippen molar-refractivity contribution in [3.8, 4) is 0 Å². The first-order chi connectivity index (χ1) is 17.7. The summed E-state index contributed by atoms with van der Waals surface area (Å²) < 4.78 is 0. The van der Waals surface area contributed by atoms with Crippen molar-refractivity contribution >= 4 is 33.4 Å². The first-order valence-corrected chi connectivity index (χ1v) is 13.7. The third kappa shape index (κ3) is 3.97. The second kappa shape index (κ2) is 9.00. The molecule has 3 aliphatic rings. The van der Waals surface area contributed by atoms with Gasteiger partial charge in [-0.25, -0.2) is 0 Å². The van der Waals surface area contributed by atoms with Crippen molar-refractivity contribution in [3.05, 3.63) is 66.0 Å². The molecule has 6 nitrogen and oxygen atoms in total. The minimum Gasteiger partial charge on any atom is -0.365 e. The van der Waals surface area contributed by atoms with Gasteiger partial charge in [0.15, 0.2) is 0 Å². The minimum atomic E-state index is 0.0290. The molecule has 0 bridgehead atoms. The molecule has 1 saturated carbocycles. The van der Waals surface area contributed by atoms with Crippen molar-refractivity contribution in [2.75, 3.05) is 31.1 Å². The second-order valence-corrected chi connectivity index (χ2v) is 11.1. The number of hydrogen-bond donors (Lipinski definition) is 3. The van der Waals surface area contributed by atoms with Crippen LogP contribution in [0.2, 0.25) is 0 Å². The van der Waals surface area contributed by atoms with E-state index in [4.69, 9.17) is 0 Å². The van der Waals surface area contributed by atoms with E-state index in [9.17, 15) is 4.79 Å². The predicted molar refractivity (Wildman–Crippen MR) is 146 cm³/mol. The molecule has 186 valence electrons. The number of anilines is 1. The van der Waals surface area contributed by atoms with Crippen LogP contribution in [0.25, 0.3) is 21.8 Å². The topological polar surface area (TPSA) is 67.2 Å². The van der Waals surface area contributed by atoms with E-state index in [0.717, 1.165) is 55.7 Å². The van der Waals surface area contributed by atoms with Gasteiger partial charge < -0.3 is 20.2 Å². The van der Waals surface area contributed by atoms with Crippen molar-refractivity contribution < 1.29 is 4.79 Å². The number of carbonyl (C=O) groups excluding carboxylic acids is 1. The Hall–Kier alpha value is -3.25. The average Bonchev–Trinajstić information content (AvgIpc) is 3.54. The SMILES string of the molecule is O=C(N[C@H]1CC[C@H](CCN2CCN3c4cccc5[nH]cc(c45)CC3C2)CC1)c1cc2ccccc2[nH]1. The van der Waals surface area contributed by atoms with Crippen LogP contribution >= 0.6 is 0 Å². The third-order valence-corrected chi connectivity index (χ3v) is 8.91. The number of aromatic nitrogens is 2. The summed E-state index contributed by atoms with van der Waals surface area (Å²) in [5.74, 6) is 0.807. The molecule has 0 spiro atoms. The van der Waals surface area contributed by atoms with Crippen molar-refractivity contribution in [1.82, 2.24) is 20.2 Å². The molecule has 1 saturated heterocycles. The van der Waals surface area contributed by atoms with Gasteiger partial charge in [-0.3, -0.25) is 9.69 Å². The van der Waals surface area contributed by atoms with Crippen molar-refractivity contribution in [2.45, 2.75) is 50.6 Å². The summed E-state index contributed by atoms with van der Waals surface area (Å²) in [6.45, 7) is 4.64. The molecule has 4 heterocycles. The number of nitrogens with zero attached hydrogens (tertiary/aromatic N) is 2. The number of benzene rings is 2. The van der Waals surface area contributed by atoms with Gasteiger partial charge in [0.25, 0.3) is 5.91 Å². The van der Waals surface area contributed by atoms with E-state index < -0.39 is 0 Å². The Balaban J connectivity index is 0.891. The third-order valence-electron chi connectivity index (χ3n) is 8.91. The molecule has 2 aromatic carbocycles. The monoisotopic (exact) mass is 481 g/mol. The lowest BCUT2D eigenvalue weighted by molar-refractivity contribution is 0.0915. The number of H-pyrrole nitrogens is 2. The molecular formula is C30H35N5O. The smallest absolute Gasteiger partial charge is 0.267 e. The summed E-state index contributed by atoms with van der Waals surface area (Å²) in [7, 11) is 0. The zero-order valence-electron chi connectivity index (χ0n) is 20.8. The second-order valence-electron chi connectivity index (χ2n) is 11.1. The van der Waals surface area contributed by atoms with Crippen LogP contribution in [-0.2, 0) is 6.42 Å². The Morgan fingerprint density at radius 3 is 2.75 bits per heavy atom. The van der Waals surface area contributed by atoms with Crippen LogP contribution in [-0.4, -0.2) is 59.0 Å². The van der Waals surface area contributed by atoms with Gasteiger partial charge in [0.2, 0.25) is 0 Å². The van der Waals surface area contributed by atoms with Crippen molar-refractivity contribution in [3.63, 3.8) is 0 Å². The maximum absolute atomic E-state index is 12.8. The van der Waals surface area contributed by atoms with Gasteiger partial charge in [-0.05, 0) is 80.8 Å². The Bertz CT molecular complexity index is 1360. The standard InChI is InChI=1S/C30H35N5O/c36-30(27-17-21-4-1-2-5-25(21)33-27)32-23-10-8-20(9-11-23)12-13-34-14-15-35-24(19-34)16-22-18-31-26-6-3-7-28(35)29(22)26/h1-7,17-18,20,23-24,31,33H,8-16,19H2,(H,32,36)/t20-,23-,24?. The molecule has 4 aromatic rings. The number of piperazine rings is 1. The van der Waals surface area contributed by atoms with E-state index >= 15 is 0 Å². The summed E-state index contributed by atoms with van der Waals surface area (Å²) in [4.78, 5) is 24.9. The van der Waals surface area contributed by atoms with E-state index in [1.165, 1.54) is 48.0 Å². The highest BCUT2D eigenvalue weighted by Crippen LogP contribution is 2.38. The van der Waals surface area contributed by atoms with Gasteiger partial charge in [0.1, 0.15) is 5.69 Å². The van der Waals surface area contributed by atoms with Gasteiger partial charge in [0, 0.05) is 65.4 Å². The summed E-state index contributed by atoms with van der Waals surface area (Å²) in [5.41, 5.74) is 5.87. The molecule has 2 aromatic heterocycles. The zero-order chi connectivity index (χ0) is 24.1. The predicted octanol–water partition coefficient (Wildman–Crippen LogP) is 5.07. The maximum atomic E-state index is 12.8. The quantitative estimate of drug-likeness (QED) is 0.373. The van der Waals surface area contributed by atoms with Gasteiger partial charge in [0.05, 0.1) is 0 Å². The Labute approximate surface area is 212 Å². The van der Waals surface area contributed by atoms with Crippen molar-refractivity contribution in [2.24, 2.45) is 5.92 Å². The fourth-order valence-corrected chi connectivity index (χ4v) is 6.92. The lowest BCUT2D eigenvalue weighted by atomic mass is 9.84. The van der Waals surface area contributed by atoms with Crippen LogP contribution in [0.1, 0.15) is 48.2 Å². The molecule has 2 fully saturated rings. The van der Waals surface area contributed by atoms with Gasteiger partial charge in [-0.1, -0.05) is 24.3 Å². The maximum Gasteiger partial charge on any atom is 0.267 e. The van der Waals surface area contributed by atoms with Gasteiger partial charge in [-0.15, -0.1) is 0 Å². The van der Waals surface area contributed by atoms with Crippen molar-refractivity contribution in [1.29, 1.82) is 0 Å². The minimum absolute atomic E-state index is 0.0290.